The van der Waals surface area contributed by atoms with Gasteiger partial charge in [-0.3, -0.25) is 0 Å². The molecule has 0 aliphatic heterocycles. The molecule has 0 aromatic heterocycles. The van der Waals surface area contributed by atoms with Crippen molar-refractivity contribution in [1.29, 1.82) is 0 Å². The molecule has 1 atom stereocenters. The maximum absolute atomic E-state index is 5.91. The minimum Gasteiger partial charge on any atom is -0.397 e. The molecule has 0 radical (unpaired) electrons. The summed E-state index contributed by atoms with van der Waals surface area (Å²) >= 11 is 0. The molecular weight excluding hydrogens is 184 g/mol. The van der Waals surface area contributed by atoms with Gasteiger partial charge in [0.1, 0.15) is 0 Å². The van der Waals surface area contributed by atoms with Crippen molar-refractivity contribution in [1.82, 2.24) is 0 Å². The molecule has 0 fully saturated rings. The molecule has 1 rings (SSSR count). The van der Waals surface area contributed by atoms with Crippen molar-refractivity contribution in [2.45, 2.75) is 20.3 Å². The number of allylic oxidation sites excluding steroid dienone is 4. The highest BCUT2D eigenvalue weighted by atomic mass is 14.8. The van der Waals surface area contributed by atoms with Gasteiger partial charge in [-0.2, -0.15) is 0 Å². The molecule has 0 amide bonds. The van der Waals surface area contributed by atoms with Crippen LogP contribution in [0.1, 0.15) is 20.3 Å². The Balaban J connectivity index is 3.17. The van der Waals surface area contributed by atoms with Crippen molar-refractivity contribution in [3.63, 3.8) is 0 Å². The summed E-state index contributed by atoms with van der Waals surface area (Å²) in [7, 11) is 0. The summed E-state index contributed by atoms with van der Waals surface area (Å²) < 4.78 is 0. The topological polar surface area (TPSA) is 38.4 Å². The second-order valence-corrected chi connectivity index (χ2v) is 3.64. The molecule has 0 saturated heterocycles. The molecule has 1 aliphatic carbocycles. The summed E-state index contributed by atoms with van der Waals surface area (Å²) in [4.78, 5) is 4.21. The summed E-state index contributed by atoms with van der Waals surface area (Å²) in [6.07, 6.45) is 13.5. The highest BCUT2D eigenvalue weighted by Gasteiger charge is 2.11. The third kappa shape index (κ3) is 2.85. The van der Waals surface area contributed by atoms with Crippen LogP contribution in [0.2, 0.25) is 0 Å². The quantitative estimate of drug-likeness (QED) is 0.512. The summed E-state index contributed by atoms with van der Waals surface area (Å²) in [6.45, 7) is 4.21. The van der Waals surface area contributed by atoms with Gasteiger partial charge in [-0.25, -0.2) is 4.99 Å². The lowest BCUT2D eigenvalue weighted by molar-refractivity contribution is 0.683. The fraction of sp³-hybridized carbons (Fsp3) is 0.308. The second kappa shape index (κ2) is 5.21. The number of nitrogens with two attached hydrogens (primary N) is 1. The van der Waals surface area contributed by atoms with E-state index in [-0.39, 0.29) is 0 Å². The molecule has 0 aromatic carbocycles. The standard InChI is InChI=1S/C13H16N2/c1-4-9-15-13-11(3)10(2)7-5-6-8-12(13)14/h1,5-6,8-10H,7,14H2,2-3H3/b6-5-,12-8-,13-11+,15-9-. The van der Waals surface area contributed by atoms with E-state index < -0.39 is 0 Å². The lowest BCUT2D eigenvalue weighted by Crippen LogP contribution is -2.07. The van der Waals surface area contributed by atoms with Crippen LogP contribution in [0.3, 0.4) is 0 Å². The molecule has 1 unspecified atom stereocenters. The molecule has 2 N–H and O–H groups in total. The van der Waals surface area contributed by atoms with Crippen LogP contribution in [0.15, 0.2) is 40.2 Å². The number of terminal acetylenes is 1. The van der Waals surface area contributed by atoms with E-state index in [0.29, 0.717) is 11.6 Å². The Bertz CT molecular complexity index is 389. The minimum absolute atomic E-state index is 0.443. The van der Waals surface area contributed by atoms with Crippen LogP contribution in [-0.4, -0.2) is 6.21 Å². The molecule has 0 heterocycles. The van der Waals surface area contributed by atoms with Crippen LogP contribution in [0, 0.1) is 18.3 Å². The second-order valence-electron chi connectivity index (χ2n) is 3.64. The molecule has 15 heavy (non-hydrogen) atoms. The predicted octanol–water partition coefficient (Wildman–Crippen LogP) is 2.40. The first-order valence-electron chi connectivity index (χ1n) is 4.99. The monoisotopic (exact) mass is 200 g/mol. The third-order valence-electron chi connectivity index (χ3n) is 2.56. The Morgan fingerprint density at radius 3 is 3.07 bits per heavy atom. The van der Waals surface area contributed by atoms with Gasteiger partial charge < -0.3 is 5.73 Å². The summed E-state index contributed by atoms with van der Waals surface area (Å²) in [5.74, 6) is 2.82. The largest absolute Gasteiger partial charge is 0.397 e. The van der Waals surface area contributed by atoms with Gasteiger partial charge in [0.25, 0.3) is 0 Å². The molecule has 78 valence electrons. The van der Waals surface area contributed by atoms with E-state index >= 15 is 0 Å². The molecule has 0 bridgehead atoms. The first kappa shape index (κ1) is 11.3. The van der Waals surface area contributed by atoms with Crippen LogP contribution in [0.4, 0.5) is 0 Å². The van der Waals surface area contributed by atoms with Gasteiger partial charge in [-0.1, -0.05) is 25.0 Å². The Hall–Kier alpha value is -1.75. The average Bonchev–Trinajstić information content (AvgIpc) is 2.23. The highest BCUT2D eigenvalue weighted by molar-refractivity contribution is 5.78. The summed E-state index contributed by atoms with van der Waals surface area (Å²) in [6, 6.07) is 0. The van der Waals surface area contributed by atoms with Crippen molar-refractivity contribution in [3.05, 3.63) is 35.2 Å². The zero-order valence-electron chi connectivity index (χ0n) is 9.20. The SMILES string of the molecule is C#C\C=N/C1=C(\C)C(C)C/C=C\C=C\1N. The molecule has 0 aromatic rings. The van der Waals surface area contributed by atoms with Crippen LogP contribution in [-0.2, 0) is 0 Å². The van der Waals surface area contributed by atoms with Crippen molar-refractivity contribution < 1.29 is 0 Å². The predicted molar refractivity (Wildman–Crippen MR) is 65.2 cm³/mol. The number of nitrogens with zero attached hydrogens (tertiary/aromatic N) is 1. The normalized spacial score (nSPS) is 32.6. The smallest absolute Gasteiger partial charge is 0.0858 e. The van der Waals surface area contributed by atoms with Crippen molar-refractivity contribution in [3.8, 4) is 12.3 Å². The van der Waals surface area contributed by atoms with Gasteiger partial charge in [0.2, 0.25) is 0 Å². The third-order valence-corrected chi connectivity index (χ3v) is 2.56. The van der Waals surface area contributed by atoms with Crippen LogP contribution in [0.25, 0.3) is 0 Å². The van der Waals surface area contributed by atoms with Crippen LogP contribution in [0.5, 0.6) is 0 Å². The first-order valence-corrected chi connectivity index (χ1v) is 4.99. The summed E-state index contributed by atoms with van der Waals surface area (Å²) in [5, 5.41) is 0. The highest BCUT2D eigenvalue weighted by Crippen LogP contribution is 2.24. The van der Waals surface area contributed by atoms with E-state index in [2.05, 4.69) is 23.9 Å². The van der Waals surface area contributed by atoms with Gasteiger partial charge in [0, 0.05) is 0 Å². The average molecular weight is 200 g/mol. The lowest BCUT2D eigenvalue weighted by atomic mass is 9.94. The number of hydrogen-bond acceptors (Lipinski definition) is 2. The Kier molecular flexibility index (Phi) is 3.93. The zero-order chi connectivity index (χ0) is 11.3. The minimum atomic E-state index is 0.443. The molecule has 0 saturated carbocycles. The molecule has 0 spiro atoms. The van der Waals surface area contributed by atoms with E-state index in [1.54, 1.807) is 0 Å². The Morgan fingerprint density at radius 2 is 2.40 bits per heavy atom. The zero-order valence-corrected chi connectivity index (χ0v) is 9.20. The van der Waals surface area contributed by atoms with E-state index in [9.17, 15) is 0 Å². The van der Waals surface area contributed by atoms with Crippen molar-refractivity contribution in [2.75, 3.05) is 0 Å². The molecule has 2 heteroatoms. The van der Waals surface area contributed by atoms with Gasteiger partial charge in [-0.15, -0.1) is 6.42 Å². The molecule has 2 nitrogen and oxygen atoms in total. The number of aliphatic imine (C=N–C) groups is 1. The first-order chi connectivity index (χ1) is 7.16. The molecule has 1 aliphatic rings. The van der Waals surface area contributed by atoms with Gasteiger partial charge in [-0.05, 0) is 30.9 Å². The van der Waals surface area contributed by atoms with Gasteiger partial charge >= 0.3 is 0 Å². The van der Waals surface area contributed by atoms with E-state index in [0.717, 1.165) is 12.1 Å². The Morgan fingerprint density at radius 1 is 1.67 bits per heavy atom. The summed E-state index contributed by atoms with van der Waals surface area (Å²) in [5.41, 5.74) is 8.57. The fourth-order valence-corrected chi connectivity index (χ4v) is 1.45. The maximum atomic E-state index is 5.91. The van der Waals surface area contributed by atoms with E-state index in [1.165, 1.54) is 11.8 Å². The number of hydrogen-bond donors (Lipinski definition) is 1. The van der Waals surface area contributed by atoms with Gasteiger partial charge in [0.15, 0.2) is 0 Å². The van der Waals surface area contributed by atoms with Crippen LogP contribution < -0.4 is 5.73 Å². The van der Waals surface area contributed by atoms with E-state index in [4.69, 9.17) is 12.2 Å². The molecular formula is C13H16N2. The van der Waals surface area contributed by atoms with Gasteiger partial charge in [0.05, 0.1) is 17.6 Å². The van der Waals surface area contributed by atoms with Crippen molar-refractivity contribution in [2.24, 2.45) is 16.6 Å². The lowest BCUT2D eigenvalue weighted by Gasteiger charge is -2.15. The maximum Gasteiger partial charge on any atom is 0.0858 e. The Labute approximate surface area is 91.3 Å². The van der Waals surface area contributed by atoms with E-state index in [1.807, 2.05) is 19.1 Å². The number of rotatable bonds is 1. The van der Waals surface area contributed by atoms with Crippen LogP contribution >= 0.6 is 0 Å². The fourth-order valence-electron chi connectivity index (χ4n) is 1.45. The van der Waals surface area contributed by atoms with Crippen molar-refractivity contribution >= 4 is 6.21 Å².